The zero-order valence-electron chi connectivity index (χ0n) is 14.0. The van der Waals surface area contributed by atoms with Gasteiger partial charge in [-0.1, -0.05) is 51.8 Å². The molecule has 0 aromatic rings. The largest absolute Gasteiger partial charge is 0.360 e. The number of aliphatic imine (C=N–C) groups is 1. The van der Waals surface area contributed by atoms with Crippen molar-refractivity contribution in [3.8, 4) is 0 Å². The summed E-state index contributed by atoms with van der Waals surface area (Å²) in [5.74, 6) is 1.27. The van der Waals surface area contributed by atoms with Crippen LogP contribution < -0.4 is 5.32 Å². The molecule has 0 unspecified atom stereocenters. The van der Waals surface area contributed by atoms with Crippen molar-refractivity contribution in [1.29, 1.82) is 0 Å². The van der Waals surface area contributed by atoms with E-state index >= 15 is 0 Å². The van der Waals surface area contributed by atoms with Crippen molar-refractivity contribution in [2.75, 3.05) is 12.3 Å². The van der Waals surface area contributed by atoms with Crippen molar-refractivity contribution < 1.29 is 0 Å². The van der Waals surface area contributed by atoms with Crippen LogP contribution in [-0.4, -0.2) is 23.0 Å². The smallest absolute Gasteiger partial charge is 0.156 e. The normalized spacial score (nSPS) is 23.6. The van der Waals surface area contributed by atoms with E-state index in [0.29, 0.717) is 10.8 Å². The van der Waals surface area contributed by atoms with Crippen molar-refractivity contribution >= 4 is 16.9 Å². The van der Waals surface area contributed by atoms with E-state index in [2.05, 4.69) is 39.9 Å². The lowest BCUT2D eigenvalue weighted by Crippen LogP contribution is -2.47. The zero-order valence-corrected chi connectivity index (χ0v) is 14.8. The summed E-state index contributed by atoms with van der Waals surface area (Å²) in [5, 5.41) is 4.86. The predicted octanol–water partition coefficient (Wildman–Crippen LogP) is 4.84. The number of hydrogen-bond donors (Lipinski definition) is 1. The summed E-state index contributed by atoms with van der Waals surface area (Å²) in [6, 6.07) is 0. The highest BCUT2D eigenvalue weighted by atomic mass is 32.2. The van der Waals surface area contributed by atoms with Crippen LogP contribution in [0, 0.1) is 10.8 Å². The lowest BCUT2D eigenvalue weighted by molar-refractivity contribution is 0.231. The van der Waals surface area contributed by atoms with Crippen molar-refractivity contribution in [3.05, 3.63) is 0 Å². The first-order valence-electron chi connectivity index (χ1n) is 8.15. The van der Waals surface area contributed by atoms with Gasteiger partial charge in [0.1, 0.15) is 0 Å². The lowest BCUT2D eigenvalue weighted by atomic mass is 9.75. The molecule has 2 aliphatic rings. The topological polar surface area (TPSA) is 24.4 Å². The number of hydrogen-bond acceptors (Lipinski definition) is 3. The molecule has 1 saturated carbocycles. The average molecular weight is 297 g/mol. The zero-order chi connectivity index (χ0) is 14.9. The van der Waals surface area contributed by atoms with Crippen molar-refractivity contribution in [1.82, 2.24) is 5.32 Å². The molecule has 1 aliphatic heterocycles. The molecule has 1 heterocycles. The Labute approximate surface area is 129 Å². The molecule has 1 N–H and O–H groups in total. The van der Waals surface area contributed by atoms with Gasteiger partial charge in [0.05, 0.1) is 0 Å². The number of amidine groups is 1. The third kappa shape index (κ3) is 4.68. The molecule has 0 amide bonds. The van der Waals surface area contributed by atoms with Gasteiger partial charge in [0, 0.05) is 17.8 Å². The van der Waals surface area contributed by atoms with Gasteiger partial charge in [-0.15, -0.1) is 0 Å². The van der Waals surface area contributed by atoms with E-state index in [1.165, 1.54) is 43.0 Å². The van der Waals surface area contributed by atoms with Crippen molar-refractivity contribution in [3.63, 3.8) is 0 Å². The molecule has 0 aromatic carbocycles. The standard InChI is InChI=1S/C17H32N2S/c1-15(2,3)11-16(4,5)19-14-18-12-17(13-20-14)9-7-6-8-10-17/h6-13H2,1-5H3,(H,18,19). The van der Waals surface area contributed by atoms with Gasteiger partial charge in [0.15, 0.2) is 5.17 Å². The SMILES string of the molecule is CC(C)(C)CC(C)(C)NC1=NCC2(CCCCC2)CS1. The third-order valence-electron chi connectivity index (χ3n) is 4.40. The van der Waals surface area contributed by atoms with Crippen LogP contribution in [0.5, 0.6) is 0 Å². The molecule has 0 saturated heterocycles. The van der Waals surface area contributed by atoms with Gasteiger partial charge in [0.2, 0.25) is 0 Å². The highest BCUT2D eigenvalue weighted by Gasteiger charge is 2.36. The minimum absolute atomic E-state index is 0.126. The Balaban J connectivity index is 1.91. The van der Waals surface area contributed by atoms with Gasteiger partial charge < -0.3 is 5.32 Å². The molecule has 116 valence electrons. The van der Waals surface area contributed by atoms with E-state index in [0.717, 1.165) is 13.0 Å². The summed E-state index contributed by atoms with van der Waals surface area (Å²) in [6.45, 7) is 12.6. The molecule has 3 heteroatoms. The van der Waals surface area contributed by atoms with Gasteiger partial charge in [-0.2, -0.15) is 0 Å². The molecule has 0 radical (unpaired) electrons. The molecule has 1 fully saturated rings. The second-order valence-electron chi connectivity index (χ2n) is 8.72. The molecule has 20 heavy (non-hydrogen) atoms. The van der Waals surface area contributed by atoms with Gasteiger partial charge in [-0.05, 0) is 43.9 Å². The molecule has 2 nitrogen and oxygen atoms in total. The maximum Gasteiger partial charge on any atom is 0.156 e. The Hall–Kier alpha value is -0.180. The summed E-state index contributed by atoms with van der Waals surface area (Å²) >= 11 is 1.96. The van der Waals surface area contributed by atoms with Crippen LogP contribution >= 0.6 is 11.8 Å². The monoisotopic (exact) mass is 296 g/mol. The quantitative estimate of drug-likeness (QED) is 0.788. The first-order valence-corrected chi connectivity index (χ1v) is 9.14. The molecule has 0 bridgehead atoms. The summed E-state index contributed by atoms with van der Waals surface area (Å²) in [7, 11) is 0. The summed E-state index contributed by atoms with van der Waals surface area (Å²) in [6.07, 6.45) is 8.19. The van der Waals surface area contributed by atoms with Crippen LogP contribution in [-0.2, 0) is 0 Å². The van der Waals surface area contributed by atoms with E-state index in [9.17, 15) is 0 Å². The fraction of sp³-hybridized carbons (Fsp3) is 0.941. The van der Waals surface area contributed by atoms with Crippen LogP contribution in [0.3, 0.4) is 0 Å². The van der Waals surface area contributed by atoms with E-state index in [-0.39, 0.29) is 5.54 Å². The summed E-state index contributed by atoms with van der Waals surface area (Å²) in [5.41, 5.74) is 1.00. The molecule has 2 rings (SSSR count). The Morgan fingerprint density at radius 2 is 1.75 bits per heavy atom. The van der Waals surface area contributed by atoms with Crippen LogP contribution in [0.15, 0.2) is 4.99 Å². The van der Waals surface area contributed by atoms with Crippen LogP contribution in [0.1, 0.15) is 73.1 Å². The van der Waals surface area contributed by atoms with Gasteiger partial charge in [0.25, 0.3) is 0 Å². The summed E-state index contributed by atoms with van der Waals surface area (Å²) < 4.78 is 0. The highest BCUT2D eigenvalue weighted by Crippen LogP contribution is 2.42. The van der Waals surface area contributed by atoms with Gasteiger partial charge >= 0.3 is 0 Å². The van der Waals surface area contributed by atoms with Crippen LogP contribution in [0.2, 0.25) is 0 Å². The predicted molar refractivity (Wildman–Crippen MR) is 91.6 cm³/mol. The fourth-order valence-corrected chi connectivity index (χ4v) is 5.22. The maximum atomic E-state index is 4.89. The van der Waals surface area contributed by atoms with Crippen LogP contribution in [0.4, 0.5) is 0 Å². The minimum atomic E-state index is 0.126. The molecule has 0 atom stereocenters. The number of rotatable bonds is 2. The van der Waals surface area contributed by atoms with Gasteiger partial charge in [-0.25, -0.2) is 0 Å². The Bertz CT molecular complexity index is 360. The number of nitrogens with one attached hydrogen (secondary N) is 1. The molecular formula is C17H32N2S. The molecule has 1 aliphatic carbocycles. The Morgan fingerprint density at radius 3 is 2.25 bits per heavy atom. The van der Waals surface area contributed by atoms with Gasteiger partial charge in [-0.3, -0.25) is 4.99 Å². The van der Waals surface area contributed by atoms with Crippen LogP contribution in [0.25, 0.3) is 0 Å². The third-order valence-corrected chi connectivity index (χ3v) is 5.67. The van der Waals surface area contributed by atoms with Crippen molar-refractivity contribution in [2.45, 2.75) is 78.7 Å². The second kappa shape index (κ2) is 5.90. The first-order chi connectivity index (χ1) is 9.20. The highest BCUT2D eigenvalue weighted by molar-refractivity contribution is 8.13. The number of nitrogens with zero attached hydrogens (tertiary/aromatic N) is 1. The molecule has 0 aromatic heterocycles. The van der Waals surface area contributed by atoms with E-state index in [1.54, 1.807) is 0 Å². The average Bonchev–Trinajstić information content (AvgIpc) is 2.30. The van der Waals surface area contributed by atoms with E-state index in [4.69, 9.17) is 4.99 Å². The minimum Gasteiger partial charge on any atom is -0.360 e. The van der Waals surface area contributed by atoms with Crippen molar-refractivity contribution in [2.24, 2.45) is 15.8 Å². The first kappa shape index (κ1) is 16.2. The fourth-order valence-electron chi connectivity index (χ4n) is 3.89. The molecule has 1 spiro atoms. The Kier molecular flexibility index (Phi) is 4.78. The van der Waals surface area contributed by atoms with E-state index < -0.39 is 0 Å². The van der Waals surface area contributed by atoms with E-state index in [1.807, 2.05) is 11.8 Å². The summed E-state index contributed by atoms with van der Waals surface area (Å²) in [4.78, 5) is 4.89. The number of thioether (sulfide) groups is 1. The second-order valence-corrected chi connectivity index (χ2v) is 9.68. The Morgan fingerprint density at radius 1 is 1.10 bits per heavy atom. The lowest BCUT2D eigenvalue weighted by Gasteiger charge is -2.40. The maximum absolute atomic E-state index is 4.89. The molecular weight excluding hydrogens is 264 g/mol.